The molecule has 2 saturated heterocycles. The SMILES string of the molecule is CC1=C(CC(=O)NCC(c2ccccc2)N2CCC(C)CC2)C(=O)OC2NNC(C)C12. The summed E-state index contributed by atoms with van der Waals surface area (Å²) in [5.74, 6) is 0.262. The molecule has 4 atom stereocenters. The Morgan fingerprint density at radius 3 is 2.61 bits per heavy atom. The molecular formula is C24H34N4O3. The molecule has 7 heteroatoms. The Morgan fingerprint density at radius 1 is 1.19 bits per heavy atom. The van der Waals surface area contributed by atoms with Crippen molar-refractivity contribution in [2.24, 2.45) is 11.8 Å². The Kier molecular flexibility index (Phi) is 6.74. The predicted octanol–water partition coefficient (Wildman–Crippen LogP) is 2.28. The zero-order valence-electron chi connectivity index (χ0n) is 18.7. The highest BCUT2D eigenvalue weighted by Gasteiger charge is 2.43. The maximum absolute atomic E-state index is 12.8. The molecule has 4 rings (SSSR count). The van der Waals surface area contributed by atoms with Crippen LogP contribution in [-0.2, 0) is 14.3 Å². The van der Waals surface area contributed by atoms with E-state index >= 15 is 0 Å². The fraction of sp³-hybridized carbons (Fsp3) is 0.583. The van der Waals surface area contributed by atoms with Crippen molar-refractivity contribution in [2.45, 2.75) is 58.3 Å². The van der Waals surface area contributed by atoms with Crippen molar-refractivity contribution in [2.75, 3.05) is 19.6 Å². The number of hydrogen-bond donors (Lipinski definition) is 3. The lowest BCUT2D eigenvalue weighted by molar-refractivity contribution is -0.149. The normalized spacial score (nSPS) is 28.2. The van der Waals surface area contributed by atoms with Crippen LogP contribution in [0.5, 0.6) is 0 Å². The third-order valence-electron chi connectivity index (χ3n) is 7.05. The number of likely N-dealkylation sites (tertiary alicyclic amines) is 1. The predicted molar refractivity (Wildman–Crippen MR) is 119 cm³/mol. The number of rotatable bonds is 6. The second kappa shape index (κ2) is 9.51. The first-order valence-electron chi connectivity index (χ1n) is 11.4. The zero-order valence-corrected chi connectivity index (χ0v) is 18.7. The highest BCUT2D eigenvalue weighted by molar-refractivity contribution is 5.96. The number of esters is 1. The number of piperidine rings is 1. The maximum Gasteiger partial charge on any atom is 0.336 e. The molecule has 3 aliphatic heterocycles. The van der Waals surface area contributed by atoms with E-state index < -0.39 is 5.97 Å². The van der Waals surface area contributed by atoms with Crippen LogP contribution in [0.3, 0.4) is 0 Å². The average molecular weight is 427 g/mol. The summed E-state index contributed by atoms with van der Waals surface area (Å²) in [5, 5.41) is 3.10. The molecule has 1 aromatic rings. The van der Waals surface area contributed by atoms with Gasteiger partial charge < -0.3 is 10.1 Å². The molecule has 0 aliphatic carbocycles. The van der Waals surface area contributed by atoms with Gasteiger partial charge in [0.1, 0.15) is 0 Å². The lowest BCUT2D eigenvalue weighted by Gasteiger charge is -2.37. The van der Waals surface area contributed by atoms with E-state index in [9.17, 15) is 9.59 Å². The fourth-order valence-electron chi connectivity index (χ4n) is 5.03. The topological polar surface area (TPSA) is 82.7 Å². The van der Waals surface area contributed by atoms with Crippen LogP contribution >= 0.6 is 0 Å². The lowest BCUT2D eigenvalue weighted by Crippen LogP contribution is -2.43. The minimum absolute atomic E-state index is 0.0490. The number of hydrogen-bond acceptors (Lipinski definition) is 6. The van der Waals surface area contributed by atoms with E-state index in [4.69, 9.17) is 4.74 Å². The van der Waals surface area contributed by atoms with Crippen LogP contribution in [0.25, 0.3) is 0 Å². The van der Waals surface area contributed by atoms with Crippen LogP contribution in [-0.4, -0.2) is 48.7 Å². The van der Waals surface area contributed by atoms with Gasteiger partial charge in [0.25, 0.3) is 0 Å². The number of ether oxygens (including phenoxy) is 1. The molecule has 168 valence electrons. The lowest BCUT2D eigenvalue weighted by atomic mass is 9.86. The minimum Gasteiger partial charge on any atom is -0.441 e. The Morgan fingerprint density at radius 2 is 1.90 bits per heavy atom. The van der Waals surface area contributed by atoms with E-state index in [0.29, 0.717) is 12.1 Å². The summed E-state index contributed by atoms with van der Waals surface area (Å²) >= 11 is 0. The Balaban J connectivity index is 1.42. The summed E-state index contributed by atoms with van der Waals surface area (Å²) in [6, 6.07) is 10.6. The monoisotopic (exact) mass is 426 g/mol. The molecule has 1 amide bonds. The van der Waals surface area contributed by atoms with Gasteiger partial charge in [0.2, 0.25) is 5.91 Å². The number of nitrogens with zero attached hydrogens (tertiary/aromatic N) is 1. The summed E-state index contributed by atoms with van der Waals surface area (Å²) in [4.78, 5) is 27.8. The second-order valence-corrected chi connectivity index (χ2v) is 9.22. The first-order chi connectivity index (χ1) is 14.9. The van der Waals surface area contributed by atoms with E-state index in [2.05, 4.69) is 40.1 Å². The first-order valence-corrected chi connectivity index (χ1v) is 11.4. The fourth-order valence-corrected chi connectivity index (χ4v) is 5.03. The van der Waals surface area contributed by atoms with Gasteiger partial charge in [0.15, 0.2) is 6.23 Å². The molecule has 0 spiro atoms. The van der Waals surface area contributed by atoms with Gasteiger partial charge in [0.05, 0.1) is 12.5 Å². The quantitative estimate of drug-likeness (QED) is 0.606. The summed E-state index contributed by atoms with van der Waals surface area (Å²) in [6.45, 7) is 8.89. The third kappa shape index (κ3) is 4.84. The highest BCUT2D eigenvalue weighted by Crippen LogP contribution is 2.33. The highest BCUT2D eigenvalue weighted by atomic mass is 16.6. The molecule has 0 bridgehead atoms. The van der Waals surface area contributed by atoms with Gasteiger partial charge in [-0.15, -0.1) is 0 Å². The van der Waals surface area contributed by atoms with Crippen LogP contribution in [0.4, 0.5) is 0 Å². The van der Waals surface area contributed by atoms with Crippen LogP contribution in [0.15, 0.2) is 41.5 Å². The number of nitrogens with one attached hydrogen (secondary N) is 3. The molecule has 1 aromatic carbocycles. The summed E-state index contributed by atoms with van der Waals surface area (Å²) in [7, 11) is 0. The molecule has 3 heterocycles. The molecule has 7 nitrogen and oxygen atoms in total. The zero-order chi connectivity index (χ0) is 22.0. The molecule has 0 radical (unpaired) electrons. The average Bonchev–Trinajstić information content (AvgIpc) is 3.13. The molecule has 2 fully saturated rings. The van der Waals surface area contributed by atoms with Crippen molar-refractivity contribution in [3.63, 3.8) is 0 Å². The molecule has 0 aromatic heterocycles. The van der Waals surface area contributed by atoms with E-state index in [0.717, 1.165) is 24.6 Å². The van der Waals surface area contributed by atoms with Crippen LogP contribution in [0, 0.1) is 11.8 Å². The van der Waals surface area contributed by atoms with E-state index in [1.807, 2.05) is 32.0 Å². The summed E-state index contributed by atoms with van der Waals surface area (Å²) in [6.07, 6.45) is 2.05. The number of carbonyl (C=O) groups excluding carboxylic acids is 2. The standard InChI is InChI=1S/C24H34N4O3/c1-15-9-11-28(12-10-15)20(18-7-5-4-6-8-18)14-25-21(29)13-19-16(2)22-17(3)26-27-23(22)31-24(19)30/h4-8,15,17,20,22-23,26-27H,9-14H2,1-3H3,(H,25,29). The smallest absolute Gasteiger partial charge is 0.336 e. The van der Waals surface area contributed by atoms with Crippen molar-refractivity contribution < 1.29 is 14.3 Å². The Bertz CT molecular complexity index is 832. The van der Waals surface area contributed by atoms with Gasteiger partial charge in [-0.2, -0.15) is 0 Å². The van der Waals surface area contributed by atoms with Crippen molar-refractivity contribution in [1.29, 1.82) is 0 Å². The van der Waals surface area contributed by atoms with E-state index in [1.165, 1.54) is 18.4 Å². The van der Waals surface area contributed by atoms with Gasteiger partial charge in [-0.25, -0.2) is 10.2 Å². The van der Waals surface area contributed by atoms with Gasteiger partial charge in [-0.3, -0.25) is 15.1 Å². The maximum atomic E-state index is 12.8. The van der Waals surface area contributed by atoms with Gasteiger partial charge in [-0.05, 0) is 51.3 Å². The van der Waals surface area contributed by atoms with Gasteiger partial charge in [0, 0.05) is 24.1 Å². The molecule has 3 N–H and O–H groups in total. The number of fused-ring (bicyclic) bond motifs is 1. The molecular weight excluding hydrogens is 392 g/mol. The molecule has 31 heavy (non-hydrogen) atoms. The van der Waals surface area contributed by atoms with Crippen molar-refractivity contribution in [1.82, 2.24) is 21.1 Å². The van der Waals surface area contributed by atoms with Crippen molar-refractivity contribution >= 4 is 11.9 Å². The van der Waals surface area contributed by atoms with Crippen LogP contribution < -0.4 is 16.2 Å². The summed E-state index contributed by atoms with van der Waals surface area (Å²) < 4.78 is 5.51. The van der Waals surface area contributed by atoms with Gasteiger partial charge >= 0.3 is 5.97 Å². The minimum atomic E-state index is -0.401. The molecule has 0 saturated carbocycles. The van der Waals surface area contributed by atoms with Crippen molar-refractivity contribution in [3.8, 4) is 0 Å². The Hall–Kier alpha value is -2.22. The van der Waals surface area contributed by atoms with Crippen LogP contribution in [0.1, 0.15) is 51.6 Å². The largest absolute Gasteiger partial charge is 0.441 e. The second-order valence-electron chi connectivity index (χ2n) is 9.22. The Labute approximate surface area is 184 Å². The third-order valence-corrected chi connectivity index (χ3v) is 7.05. The number of benzene rings is 1. The van der Waals surface area contributed by atoms with Crippen molar-refractivity contribution in [3.05, 3.63) is 47.0 Å². The molecule has 4 unspecified atom stereocenters. The number of amides is 1. The van der Waals surface area contributed by atoms with E-state index in [1.54, 1.807) is 0 Å². The first kappa shape index (κ1) is 22.0. The van der Waals surface area contributed by atoms with Crippen LogP contribution in [0.2, 0.25) is 0 Å². The number of hydrazine groups is 1. The van der Waals surface area contributed by atoms with E-state index in [-0.39, 0.29) is 36.6 Å². The summed E-state index contributed by atoms with van der Waals surface area (Å²) in [5.41, 5.74) is 8.76. The molecule has 3 aliphatic rings. The number of carbonyl (C=O) groups is 2. The van der Waals surface area contributed by atoms with Gasteiger partial charge in [-0.1, -0.05) is 42.8 Å².